The second kappa shape index (κ2) is 8.44. The number of hydrogen-bond acceptors (Lipinski definition) is 5. The monoisotopic (exact) mass is 450 g/mol. The summed E-state index contributed by atoms with van der Waals surface area (Å²) in [5, 5.41) is 9.01. The summed E-state index contributed by atoms with van der Waals surface area (Å²) in [4.78, 5) is 19.2. The maximum Gasteiger partial charge on any atom is 0.159 e. The largest absolute Gasteiger partial charge is 0.384 e. The van der Waals surface area contributed by atoms with Gasteiger partial charge < -0.3 is 4.74 Å². The van der Waals surface area contributed by atoms with Crippen LogP contribution < -0.4 is 0 Å². The molecule has 4 fully saturated rings. The van der Waals surface area contributed by atoms with E-state index in [9.17, 15) is 4.79 Å². The molecule has 0 aromatic carbocycles. The molecule has 8 unspecified atom stereocenters. The van der Waals surface area contributed by atoms with Crippen molar-refractivity contribution in [3.05, 3.63) is 18.5 Å². The Hall–Kier alpha value is -1.82. The maximum atomic E-state index is 13.5. The van der Waals surface area contributed by atoms with E-state index in [1.165, 1.54) is 51.4 Å². The van der Waals surface area contributed by atoms with Crippen LogP contribution in [0.4, 0.5) is 0 Å². The van der Waals surface area contributed by atoms with Gasteiger partial charge in [0.25, 0.3) is 0 Å². The molecular formula is C27H38N4O2. The second-order valence-corrected chi connectivity index (χ2v) is 11.8. The highest BCUT2D eigenvalue weighted by molar-refractivity contribution is 5.82. The molecule has 4 saturated carbocycles. The molecule has 178 valence electrons. The Labute approximate surface area is 196 Å². The van der Waals surface area contributed by atoms with E-state index in [0.717, 1.165) is 59.6 Å². The van der Waals surface area contributed by atoms with Crippen LogP contribution in [0.25, 0.3) is 11.0 Å². The van der Waals surface area contributed by atoms with Crippen molar-refractivity contribution in [1.29, 1.82) is 0 Å². The van der Waals surface area contributed by atoms with Crippen LogP contribution in [0.5, 0.6) is 0 Å². The number of Topliss-reactive ketones (excluding diaryl/α,β-unsaturated/α-hetero) is 1. The fourth-order valence-corrected chi connectivity index (χ4v) is 9.00. The standard InChI is InChI=1S/C27H38N4O2/c1-27-11-9-20-19-5-3-17(16-33-2)13-18(19)4-6-21(20)22(27)7-8-23(27)26(32)15-31-29-24-10-12-28-14-25(24)30-31/h10,12,14,17-23H,3-9,11,13,15-16H2,1-2H3. The van der Waals surface area contributed by atoms with Crippen molar-refractivity contribution >= 4 is 16.8 Å². The molecule has 0 bridgehead atoms. The van der Waals surface area contributed by atoms with Crippen molar-refractivity contribution in [2.24, 2.45) is 46.8 Å². The molecular weight excluding hydrogens is 412 g/mol. The Bertz CT molecular complexity index is 987. The average Bonchev–Trinajstić information content (AvgIpc) is 3.38. The highest BCUT2D eigenvalue weighted by Gasteiger charge is 2.58. The van der Waals surface area contributed by atoms with Gasteiger partial charge in [-0.3, -0.25) is 9.78 Å². The lowest BCUT2D eigenvalue weighted by Crippen LogP contribution is -2.49. The number of carbonyl (C=O) groups excluding carboxylic acids is 1. The van der Waals surface area contributed by atoms with Crippen LogP contribution in [0, 0.1) is 46.8 Å². The third-order valence-electron chi connectivity index (χ3n) is 10.4. The third kappa shape index (κ3) is 3.64. The molecule has 0 saturated heterocycles. The predicted molar refractivity (Wildman–Crippen MR) is 126 cm³/mol. The summed E-state index contributed by atoms with van der Waals surface area (Å²) in [6, 6.07) is 1.86. The van der Waals surface area contributed by atoms with Gasteiger partial charge in [-0.15, -0.1) is 0 Å². The van der Waals surface area contributed by atoms with Gasteiger partial charge in [0.1, 0.15) is 17.6 Å². The van der Waals surface area contributed by atoms with Crippen LogP contribution in [0.1, 0.15) is 64.7 Å². The SMILES string of the molecule is COCC1CCC2C(CCC3C2CCC2(C)C(C(=O)Cn4nc5ccncc5n4)CCC32)C1. The van der Waals surface area contributed by atoms with Gasteiger partial charge in [-0.05, 0) is 105 Å². The molecule has 2 heterocycles. The number of aromatic nitrogens is 4. The van der Waals surface area contributed by atoms with Crippen molar-refractivity contribution in [3.63, 3.8) is 0 Å². The molecule has 6 nitrogen and oxygen atoms in total. The molecule has 2 aromatic rings. The zero-order valence-electron chi connectivity index (χ0n) is 20.2. The lowest BCUT2D eigenvalue weighted by atomic mass is 9.49. The Balaban J connectivity index is 1.16. The Kier molecular flexibility index (Phi) is 5.55. The van der Waals surface area contributed by atoms with Gasteiger partial charge in [0.05, 0.1) is 6.20 Å². The number of rotatable bonds is 5. The van der Waals surface area contributed by atoms with Crippen LogP contribution in [0.2, 0.25) is 0 Å². The van der Waals surface area contributed by atoms with Crippen molar-refractivity contribution in [3.8, 4) is 0 Å². The minimum atomic E-state index is 0.158. The molecule has 6 heteroatoms. The third-order valence-corrected chi connectivity index (χ3v) is 10.4. The molecule has 8 atom stereocenters. The summed E-state index contributed by atoms with van der Waals surface area (Å²) >= 11 is 0. The van der Waals surface area contributed by atoms with E-state index in [0.29, 0.717) is 12.3 Å². The number of fused-ring (bicyclic) bond motifs is 6. The zero-order chi connectivity index (χ0) is 22.6. The molecule has 4 aliphatic rings. The van der Waals surface area contributed by atoms with E-state index in [-0.39, 0.29) is 11.3 Å². The molecule has 4 aliphatic carbocycles. The molecule has 0 N–H and O–H groups in total. The molecule has 0 radical (unpaired) electrons. The van der Waals surface area contributed by atoms with Crippen LogP contribution in [0.3, 0.4) is 0 Å². The number of hydrogen-bond donors (Lipinski definition) is 0. The molecule has 0 amide bonds. The van der Waals surface area contributed by atoms with Crippen molar-refractivity contribution in [1.82, 2.24) is 20.0 Å². The first-order valence-corrected chi connectivity index (χ1v) is 13.2. The summed E-state index contributed by atoms with van der Waals surface area (Å²) in [6.45, 7) is 3.68. The highest BCUT2D eigenvalue weighted by atomic mass is 16.5. The van der Waals surface area contributed by atoms with E-state index < -0.39 is 0 Å². The van der Waals surface area contributed by atoms with Crippen molar-refractivity contribution in [2.45, 2.75) is 71.3 Å². The minimum Gasteiger partial charge on any atom is -0.384 e. The quantitative estimate of drug-likeness (QED) is 0.646. The summed E-state index contributed by atoms with van der Waals surface area (Å²) in [6.07, 6.45) is 15.2. The summed E-state index contributed by atoms with van der Waals surface area (Å²) in [5.41, 5.74) is 1.73. The Morgan fingerprint density at radius 2 is 1.91 bits per heavy atom. The first-order valence-electron chi connectivity index (χ1n) is 13.2. The van der Waals surface area contributed by atoms with Gasteiger partial charge in [0, 0.05) is 25.8 Å². The van der Waals surface area contributed by atoms with Crippen molar-refractivity contribution < 1.29 is 9.53 Å². The van der Waals surface area contributed by atoms with Gasteiger partial charge in [0.15, 0.2) is 5.78 Å². The number of carbonyl (C=O) groups is 1. The topological polar surface area (TPSA) is 69.9 Å². The van der Waals surface area contributed by atoms with Gasteiger partial charge in [0.2, 0.25) is 0 Å². The lowest BCUT2D eigenvalue weighted by Gasteiger charge is -2.56. The van der Waals surface area contributed by atoms with E-state index in [2.05, 4.69) is 22.1 Å². The number of pyridine rings is 1. The van der Waals surface area contributed by atoms with Crippen LogP contribution >= 0.6 is 0 Å². The number of methoxy groups -OCH3 is 1. The van der Waals surface area contributed by atoms with Crippen molar-refractivity contribution in [2.75, 3.05) is 13.7 Å². The number of ether oxygens (including phenoxy) is 1. The van der Waals surface area contributed by atoms with Gasteiger partial charge in [-0.25, -0.2) is 0 Å². The summed E-state index contributed by atoms with van der Waals surface area (Å²) < 4.78 is 5.49. The number of nitrogens with zero attached hydrogens (tertiary/aromatic N) is 4. The molecule has 33 heavy (non-hydrogen) atoms. The minimum absolute atomic E-state index is 0.158. The van der Waals surface area contributed by atoms with Gasteiger partial charge >= 0.3 is 0 Å². The summed E-state index contributed by atoms with van der Waals surface area (Å²) in [7, 11) is 1.85. The predicted octanol–water partition coefficient (Wildman–Crippen LogP) is 4.93. The molecule has 0 aliphatic heterocycles. The Morgan fingerprint density at radius 3 is 2.76 bits per heavy atom. The number of ketones is 1. The molecule has 6 rings (SSSR count). The van der Waals surface area contributed by atoms with E-state index >= 15 is 0 Å². The fraction of sp³-hybridized carbons (Fsp3) is 0.778. The van der Waals surface area contributed by atoms with Gasteiger partial charge in [-0.1, -0.05) is 6.92 Å². The summed E-state index contributed by atoms with van der Waals surface area (Å²) in [5.74, 6) is 5.55. The first kappa shape index (κ1) is 21.7. The van der Waals surface area contributed by atoms with Crippen LogP contribution in [-0.2, 0) is 16.1 Å². The molecule has 2 aromatic heterocycles. The fourth-order valence-electron chi connectivity index (χ4n) is 9.00. The molecule has 0 spiro atoms. The van der Waals surface area contributed by atoms with E-state index in [1.54, 1.807) is 17.2 Å². The highest BCUT2D eigenvalue weighted by Crippen LogP contribution is 2.64. The van der Waals surface area contributed by atoms with Crippen LogP contribution in [0.15, 0.2) is 18.5 Å². The smallest absolute Gasteiger partial charge is 0.159 e. The zero-order valence-corrected chi connectivity index (χ0v) is 20.2. The van der Waals surface area contributed by atoms with Crippen LogP contribution in [-0.4, -0.2) is 39.5 Å². The second-order valence-electron chi connectivity index (χ2n) is 11.8. The Morgan fingerprint density at radius 1 is 1.06 bits per heavy atom. The maximum absolute atomic E-state index is 13.5. The lowest BCUT2D eigenvalue weighted by molar-refractivity contribution is -0.131. The first-order chi connectivity index (χ1) is 16.1. The van der Waals surface area contributed by atoms with Gasteiger partial charge in [-0.2, -0.15) is 15.0 Å². The van der Waals surface area contributed by atoms with E-state index in [1.807, 2.05) is 13.2 Å². The average molecular weight is 451 g/mol. The van der Waals surface area contributed by atoms with E-state index in [4.69, 9.17) is 4.74 Å². The normalized spacial score (nSPS) is 40.2.